The molecule has 126 valence electrons. The molecule has 1 amide bonds. The normalized spacial score (nSPS) is 12.0. The molecule has 0 saturated carbocycles. The van der Waals surface area contributed by atoms with Gasteiger partial charge in [-0.15, -0.1) is 0 Å². The highest BCUT2D eigenvalue weighted by atomic mass is 32.2. The number of hydrogen-bond donors (Lipinski definition) is 3. The summed E-state index contributed by atoms with van der Waals surface area (Å²) in [5.74, 6) is -0.764. The predicted molar refractivity (Wildman–Crippen MR) is 81.6 cm³/mol. The molecule has 0 unspecified atom stereocenters. The van der Waals surface area contributed by atoms with Crippen LogP contribution in [0.2, 0.25) is 0 Å². The molecule has 0 radical (unpaired) electrons. The summed E-state index contributed by atoms with van der Waals surface area (Å²) in [6.07, 6.45) is -0.790. The van der Waals surface area contributed by atoms with E-state index in [9.17, 15) is 13.2 Å². The van der Waals surface area contributed by atoms with Gasteiger partial charge in [0.15, 0.2) is 0 Å². The number of nitrogens with zero attached hydrogens (tertiary/aromatic N) is 3. The lowest BCUT2D eigenvalue weighted by atomic mass is 10.2. The molecule has 10 nitrogen and oxygen atoms in total. The molecule has 0 spiro atoms. The predicted octanol–water partition coefficient (Wildman–Crippen LogP) is 0.461. The minimum Gasteiger partial charge on any atom is -0.445 e. The molecular formula is C12H17N5O5S. The molecule has 1 aromatic carbocycles. The summed E-state index contributed by atoms with van der Waals surface area (Å²) >= 11 is 0. The summed E-state index contributed by atoms with van der Waals surface area (Å²) in [6, 6.07) is 8.10. The van der Waals surface area contributed by atoms with Gasteiger partial charge >= 0.3 is 6.09 Å². The Hall–Kier alpha value is -2.33. The Morgan fingerprint density at radius 3 is 2.70 bits per heavy atom. The number of azide groups is 1. The van der Waals surface area contributed by atoms with Crippen LogP contribution in [0.5, 0.6) is 0 Å². The maximum atomic E-state index is 11.6. The zero-order valence-electron chi connectivity index (χ0n) is 12.1. The number of carbonyl (C=O) groups excluding carboxylic acids is 1. The molecule has 0 fully saturated rings. The fourth-order valence-corrected chi connectivity index (χ4v) is 2.22. The number of alkyl carbamates (subject to hydrolysis) is 1. The quantitative estimate of drug-likeness (QED) is 0.338. The first-order valence-corrected chi connectivity index (χ1v) is 8.18. The van der Waals surface area contributed by atoms with Crippen molar-refractivity contribution < 1.29 is 23.1 Å². The number of benzene rings is 1. The topological polar surface area (TPSA) is 153 Å². The summed E-state index contributed by atoms with van der Waals surface area (Å²) in [7, 11) is -3.81. The van der Waals surface area contributed by atoms with Crippen LogP contribution in [-0.4, -0.2) is 44.7 Å². The van der Waals surface area contributed by atoms with E-state index in [-0.39, 0.29) is 13.2 Å². The molecule has 0 heterocycles. The molecule has 0 aliphatic heterocycles. The molecule has 0 aliphatic rings. The summed E-state index contributed by atoms with van der Waals surface area (Å²) in [6.45, 7) is -0.710. The maximum Gasteiger partial charge on any atom is 0.407 e. The van der Waals surface area contributed by atoms with E-state index in [1.807, 2.05) is 6.07 Å². The minimum absolute atomic E-state index is 0.0490. The van der Waals surface area contributed by atoms with Crippen LogP contribution in [0.4, 0.5) is 4.79 Å². The van der Waals surface area contributed by atoms with Gasteiger partial charge in [0.1, 0.15) is 12.5 Å². The number of sulfonamides is 1. The van der Waals surface area contributed by atoms with Gasteiger partial charge in [-0.1, -0.05) is 35.4 Å². The van der Waals surface area contributed by atoms with Crippen LogP contribution < -0.4 is 10.0 Å². The summed E-state index contributed by atoms with van der Waals surface area (Å²) in [5, 5.41) is 14.4. The molecule has 11 heteroatoms. The van der Waals surface area contributed by atoms with Crippen molar-refractivity contribution in [2.45, 2.75) is 12.6 Å². The monoisotopic (exact) mass is 343 g/mol. The van der Waals surface area contributed by atoms with Crippen LogP contribution in [0.3, 0.4) is 0 Å². The standard InChI is InChI=1S/C12H17N5O5S/c13-17-14-9-23(20,21)15-6-11(7-18)16-12(19)22-8-10-4-2-1-3-5-10/h1-5,11,15,18H,6-9H2,(H,16,19)/t11-/m1/s1. The fraction of sp³-hybridized carbons (Fsp3) is 0.417. The van der Waals surface area contributed by atoms with E-state index in [1.54, 1.807) is 24.3 Å². The number of rotatable bonds is 9. The van der Waals surface area contributed by atoms with Crippen molar-refractivity contribution >= 4 is 16.1 Å². The molecule has 0 aliphatic carbocycles. The SMILES string of the molecule is [N-]=[N+]=NCS(=O)(=O)NC[C@H](CO)NC(=O)OCc1ccccc1. The van der Waals surface area contributed by atoms with Crippen molar-refractivity contribution in [1.29, 1.82) is 0 Å². The lowest BCUT2D eigenvalue weighted by Crippen LogP contribution is -2.46. The highest BCUT2D eigenvalue weighted by molar-refractivity contribution is 7.89. The van der Waals surface area contributed by atoms with Crippen LogP contribution in [0.25, 0.3) is 10.4 Å². The average molecular weight is 343 g/mol. The largest absolute Gasteiger partial charge is 0.445 e. The van der Waals surface area contributed by atoms with Crippen molar-refractivity contribution in [3.8, 4) is 0 Å². The first-order valence-electron chi connectivity index (χ1n) is 6.53. The number of aliphatic hydroxyl groups excluding tert-OH is 1. The van der Waals surface area contributed by atoms with Gasteiger partial charge in [0, 0.05) is 11.5 Å². The number of carbonyl (C=O) groups is 1. The van der Waals surface area contributed by atoms with Gasteiger partial charge in [-0.25, -0.2) is 17.9 Å². The van der Waals surface area contributed by atoms with Crippen LogP contribution in [-0.2, 0) is 21.4 Å². The van der Waals surface area contributed by atoms with E-state index in [4.69, 9.17) is 15.4 Å². The van der Waals surface area contributed by atoms with E-state index >= 15 is 0 Å². The van der Waals surface area contributed by atoms with Gasteiger partial charge in [0.2, 0.25) is 10.0 Å². The summed E-state index contributed by atoms with van der Waals surface area (Å²) in [4.78, 5) is 13.9. The Labute approximate surface area is 133 Å². The second-order valence-corrected chi connectivity index (χ2v) is 6.19. The maximum absolute atomic E-state index is 11.6. The number of nitrogens with one attached hydrogen (secondary N) is 2. The van der Waals surface area contributed by atoms with Gasteiger partial charge in [0.05, 0.1) is 12.6 Å². The first kappa shape index (κ1) is 18.7. The van der Waals surface area contributed by atoms with E-state index in [0.29, 0.717) is 0 Å². The molecule has 0 bridgehead atoms. The van der Waals surface area contributed by atoms with Crippen molar-refractivity contribution in [1.82, 2.24) is 10.0 Å². The van der Waals surface area contributed by atoms with E-state index < -0.39 is 34.6 Å². The van der Waals surface area contributed by atoms with Crippen molar-refractivity contribution in [3.05, 3.63) is 46.3 Å². The molecule has 3 N–H and O–H groups in total. The number of aliphatic hydroxyl groups is 1. The Balaban J connectivity index is 2.40. The zero-order valence-corrected chi connectivity index (χ0v) is 12.9. The lowest BCUT2D eigenvalue weighted by Gasteiger charge is -2.16. The smallest absolute Gasteiger partial charge is 0.407 e. The minimum atomic E-state index is -3.81. The number of amides is 1. The summed E-state index contributed by atoms with van der Waals surface area (Å²) < 4.78 is 29.9. The van der Waals surface area contributed by atoms with Gasteiger partial charge in [0.25, 0.3) is 0 Å². The van der Waals surface area contributed by atoms with Crippen molar-refractivity contribution in [2.75, 3.05) is 19.0 Å². The van der Waals surface area contributed by atoms with Crippen LogP contribution in [0, 0.1) is 0 Å². The molecule has 1 aromatic rings. The second kappa shape index (κ2) is 9.64. The van der Waals surface area contributed by atoms with Crippen molar-refractivity contribution in [3.63, 3.8) is 0 Å². The van der Waals surface area contributed by atoms with E-state index in [1.165, 1.54) is 0 Å². The van der Waals surface area contributed by atoms with Crippen LogP contribution in [0.15, 0.2) is 35.4 Å². The lowest BCUT2D eigenvalue weighted by molar-refractivity contribution is 0.129. The van der Waals surface area contributed by atoms with Gasteiger partial charge in [-0.05, 0) is 11.1 Å². The zero-order chi connectivity index (χ0) is 17.1. The highest BCUT2D eigenvalue weighted by Crippen LogP contribution is 2.00. The molecule has 1 rings (SSSR count). The van der Waals surface area contributed by atoms with Gasteiger partial charge in [-0.2, -0.15) is 0 Å². The molecule has 23 heavy (non-hydrogen) atoms. The Morgan fingerprint density at radius 2 is 2.09 bits per heavy atom. The molecule has 1 atom stereocenters. The number of ether oxygens (including phenoxy) is 1. The summed E-state index contributed by atoms with van der Waals surface area (Å²) in [5.41, 5.74) is 8.87. The Kier molecular flexibility index (Phi) is 7.84. The Morgan fingerprint density at radius 1 is 1.39 bits per heavy atom. The fourth-order valence-electron chi connectivity index (χ4n) is 1.47. The van der Waals surface area contributed by atoms with E-state index in [2.05, 4.69) is 20.1 Å². The molecule has 0 aromatic heterocycles. The van der Waals surface area contributed by atoms with Crippen molar-refractivity contribution in [2.24, 2.45) is 5.11 Å². The van der Waals surface area contributed by atoms with Gasteiger partial charge < -0.3 is 15.2 Å². The third kappa shape index (κ3) is 8.02. The second-order valence-electron chi connectivity index (χ2n) is 4.41. The third-order valence-corrected chi connectivity index (χ3v) is 3.66. The third-order valence-electron chi connectivity index (χ3n) is 2.60. The van der Waals surface area contributed by atoms with E-state index in [0.717, 1.165) is 5.56 Å². The Bertz CT molecular complexity index is 645. The first-order chi connectivity index (χ1) is 11.0. The molecule has 0 saturated heterocycles. The average Bonchev–Trinajstić information content (AvgIpc) is 2.56. The molecular weight excluding hydrogens is 326 g/mol. The van der Waals surface area contributed by atoms with Gasteiger partial charge in [-0.3, -0.25) is 0 Å². The number of hydrogen-bond acceptors (Lipinski definition) is 6. The van der Waals surface area contributed by atoms with Crippen LogP contribution >= 0.6 is 0 Å². The highest BCUT2D eigenvalue weighted by Gasteiger charge is 2.16. The van der Waals surface area contributed by atoms with Crippen LogP contribution in [0.1, 0.15) is 5.56 Å².